The van der Waals surface area contributed by atoms with Crippen LogP contribution in [0.5, 0.6) is 11.5 Å². The molecule has 0 saturated carbocycles. The van der Waals surface area contributed by atoms with E-state index in [0.717, 1.165) is 0 Å². The van der Waals surface area contributed by atoms with E-state index in [1.54, 1.807) is 62.7 Å². The van der Waals surface area contributed by atoms with Crippen molar-refractivity contribution in [3.8, 4) is 11.5 Å². The normalized spacial score (nSPS) is 19.1. The summed E-state index contributed by atoms with van der Waals surface area (Å²) >= 11 is 0. The molecule has 368 valence electrons. The number of amides is 4. The number of benzene rings is 2. The Morgan fingerprint density at radius 2 is 1.30 bits per heavy atom. The minimum absolute atomic E-state index is 0.0471. The SMILES string of the molecule is CCn1nc(C)cc1C(=O)/N=c1/[nH]c2cc(C(N)=O)cc(OC)c2n1C/C=C/Cn1/c(=N/C(=O)c2cc(C)nn2CC)[nH]c2cc(C(N)=O)cc(OCCCO[C@H]3[C@@H](OC)O[C@H](CO)[C@@H](N)[C@@H]3O)c21. The van der Waals surface area contributed by atoms with E-state index in [-0.39, 0.29) is 72.2 Å². The van der Waals surface area contributed by atoms with Crippen molar-refractivity contribution >= 4 is 45.7 Å². The minimum atomic E-state index is -1.19. The van der Waals surface area contributed by atoms with Crippen LogP contribution in [-0.4, -0.2) is 137 Å². The van der Waals surface area contributed by atoms with Crippen LogP contribution in [0.4, 0.5) is 0 Å². The van der Waals surface area contributed by atoms with Gasteiger partial charge in [0.2, 0.25) is 23.1 Å². The summed E-state index contributed by atoms with van der Waals surface area (Å²) < 4.78 is 35.5. The molecule has 1 fully saturated rings. The van der Waals surface area contributed by atoms with Gasteiger partial charge in [-0.3, -0.25) is 28.5 Å². The second-order valence-electron chi connectivity index (χ2n) is 16.1. The van der Waals surface area contributed by atoms with Gasteiger partial charge in [-0.2, -0.15) is 20.2 Å². The number of allylic oxidation sites excluding steroid dienone is 2. The first-order valence-corrected chi connectivity index (χ1v) is 22.2. The molecule has 4 amide bonds. The van der Waals surface area contributed by atoms with E-state index >= 15 is 0 Å². The number of aromatic nitrogens is 8. The zero-order chi connectivity index (χ0) is 49.7. The molecule has 5 heterocycles. The molecular formula is C45H57N13O11. The third-order valence-corrected chi connectivity index (χ3v) is 11.5. The van der Waals surface area contributed by atoms with E-state index in [2.05, 4.69) is 30.2 Å². The Morgan fingerprint density at radius 1 is 0.797 bits per heavy atom. The maximum atomic E-state index is 13.9. The molecule has 24 nitrogen and oxygen atoms in total. The second-order valence-corrected chi connectivity index (χ2v) is 16.1. The molecule has 1 aliphatic rings. The van der Waals surface area contributed by atoms with Gasteiger partial charge >= 0.3 is 0 Å². The molecule has 24 heteroatoms. The summed E-state index contributed by atoms with van der Waals surface area (Å²) in [6, 6.07) is 8.43. The number of carbonyl (C=O) groups is 4. The average molecular weight is 956 g/mol. The van der Waals surface area contributed by atoms with Crippen molar-refractivity contribution in [1.29, 1.82) is 0 Å². The lowest BCUT2D eigenvalue weighted by atomic mass is 9.97. The number of hydrogen-bond acceptors (Lipinski definition) is 14. The maximum Gasteiger partial charge on any atom is 0.298 e. The number of imidazole rings is 2. The maximum absolute atomic E-state index is 13.9. The number of H-pyrrole nitrogens is 2. The molecule has 0 radical (unpaired) electrons. The van der Waals surface area contributed by atoms with Crippen LogP contribution < -0.4 is 37.9 Å². The van der Waals surface area contributed by atoms with Gasteiger partial charge in [0, 0.05) is 50.8 Å². The molecule has 2 aromatic carbocycles. The quantitative estimate of drug-likeness (QED) is 0.0429. The lowest BCUT2D eigenvalue weighted by molar-refractivity contribution is -0.279. The molecule has 4 aromatic heterocycles. The van der Waals surface area contributed by atoms with Gasteiger partial charge in [-0.25, -0.2) is 0 Å². The number of nitrogens with zero attached hydrogens (tertiary/aromatic N) is 8. The summed E-state index contributed by atoms with van der Waals surface area (Å²) in [5.41, 5.74) is 21.6. The summed E-state index contributed by atoms with van der Waals surface area (Å²) in [7, 11) is 2.83. The Kier molecular flexibility index (Phi) is 15.4. The number of carbonyl (C=O) groups excluding carboxylic acids is 4. The molecule has 5 atom stereocenters. The fourth-order valence-electron chi connectivity index (χ4n) is 8.15. The monoisotopic (exact) mass is 955 g/mol. The molecule has 6 aromatic rings. The Morgan fingerprint density at radius 3 is 1.77 bits per heavy atom. The number of nitrogens with two attached hydrogens (primary N) is 3. The van der Waals surface area contributed by atoms with Crippen LogP contribution in [0.15, 0.2) is 58.5 Å². The average Bonchev–Trinajstić information content (AvgIpc) is 4.10. The molecule has 69 heavy (non-hydrogen) atoms. The van der Waals surface area contributed by atoms with Crippen molar-refractivity contribution in [3.63, 3.8) is 0 Å². The third kappa shape index (κ3) is 10.4. The molecular weight excluding hydrogens is 899 g/mol. The van der Waals surface area contributed by atoms with Crippen LogP contribution in [0.3, 0.4) is 0 Å². The highest BCUT2D eigenvalue weighted by Gasteiger charge is 2.44. The number of hydrogen-bond donors (Lipinski definition) is 7. The Labute approximate surface area is 393 Å². The van der Waals surface area contributed by atoms with Crippen LogP contribution in [0.25, 0.3) is 22.1 Å². The third-order valence-electron chi connectivity index (χ3n) is 11.5. The van der Waals surface area contributed by atoms with Crippen molar-refractivity contribution in [2.24, 2.45) is 27.2 Å². The van der Waals surface area contributed by atoms with Crippen LogP contribution in [-0.2, 0) is 40.4 Å². The van der Waals surface area contributed by atoms with E-state index in [9.17, 15) is 29.4 Å². The first kappa shape index (κ1) is 49.7. The number of fused-ring (bicyclic) bond motifs is 2. The van der Waals surface area contributed by atoms with E-state index in [0.29, 0.717) is 52.3 Å². The fraction of sp³-hybridized carbons (Fsp3) is 0.422. The summed E-state index contributed by atoms with van der Waals surface area (Å²) in [6.07, 6.45) is -0.107. The van der Waals surface area contributed by atoms with Gasteiger partial charge in [0.05, 0.1) is 55.4 Å². The minimum Gasteiger partial charge on any atom is -0.494 e. The van der Waals surface area contributed by atoms with Gasteiger partial charge in [-0.05, 0) is 64.1 Å². The van der Waals surface area contributed by atoms with Crippen molar-refractivity contribution in [2.75, 3.05) is 34.0 Å². The number of primary amides is 2. The largest absolute Gasteiger partial charge is 0.494 e. The molecule has 7 rings (SSSR count). The molecule has 0 aliphatic carbocycles. The van der Waals surface area contributed by atoms with Crippen molar-refractivity contribution in [1.82, 2.24) is 38.7 Å². The van der Waals surface area contributed by atoms with Crippen molar-refractivity contribution in [2.45, 2.75) is 90.9 Å². The van der Waals surface area contributed by atoms with Crippen LogP contribution in [0.1, 0.15) is 73.3 Å². The predicted octanol–water partition coefficient (Wildman–Crippen LogP) is 0.453. The van der Waals surface area contributed by atoms with E-state index in [1.807, 2.05) is 13.8 Å². The first-order chi connectivity index (χ1) is 33.1. The lowest BCUT2D eigenvalue weighted by Gasteiger charge is -2.41. The van der Waals surface area contributed by atoms with Gasteiger partial charge < -0.3 is 70.2 Å². The highest BCUT2D eigenvalue weighted by molar-refractivity contribution is 5.99. The zero-order valence-electron chi connectivity index (χ0n) is 39.0. The highest BCUT2D eigenvalue weighted by Crippen LogP contribution is 2.29. The number of ether oxygens (including phenoxy) is 5. The van der Waals surface area contributed by atoms with E-state index in [4.69, 9.17) is 40.9 Å². The first-order valence-electron chi connectivity index (χ1n) is 22.2. The number of rotatable bonds is 19. The highest BCUT2D eigenvalue weighted by atomic mass is 16.7. The van der Waals surface area contributed by atoms with Crippen molar-refractivity contribution < 1.29 is 53.1 Å². The Balaban J connectivity index is 1.26. The summed E-state index contributed by atoms with van der Waals surface area (Å²) in [5.74, 6) is -2.05. The van der Waals surface area contributed by atoms with Crippen LogP contribution in [0.2, 0.25) is 0 Å². The van der Waals surface area contributed by atoms with Crippen molar-refractivity contribution in [3.05, 3.63) is 93.7 Å². The molecule has 0 unspecified atom stereocenters. The van der Waals surface area contributed by atoms with Crippen LogP contribution in [0, 0.1) is 13.8 Å². The number of methoxy groups -OCH3 is 2. The fourth-order valence-corrected chi connectivity index (χ4v) is 8.15. The Hall–Kier alpha value is -7.22. The van der Waals surface area contributed by atoms with Gasteiger partial charge in [-0.15, -0.1) is 0 Å². The van der Waals surface area contributed by atoms with Gasteiger partial charge in [0.15, 0.2) is 6.29 Å². The van der Waals surface area contributed by atoms with E-state index in [1.165, 1.54) is 32.4 Å². The topological polar surface area (TPSA) is 335 Å². The molecule has 1 saturated heterocycles. The van der Waals surface area contributed by atoms with Crippen LogP contribution >= 0.6 is 0 Å². The summed E-state index contributed by atoms with van der Waals surface area (Å²) in [6.45, 7) is 8.01. The van der Waals surface area contributed by atoms with Gasteiger partial charge in [0.1, 0.15) is 52.2 Å². The molecule has 0 bridgehead atoms. The molecule has 1 aliphatic heterocycles. The number of aliphatic hydroxyl groups is 2. The number of aryl methyl sites for hydroxylation is 4. The summed E-state index contributed by atoms with van der Waals surface area (Å²) in [4.78, 5) is 67.7. The number of nitrogens with one attached hydrogen (secondary N) is 2. The van der Waals surface area contributed by atoms with Gasteiger partial charge in [-0.1, -0.05) is 12.2 Å². The zero-order valence-corrected chi connectivity index (χ0v) is 39.0. The predicted molar refractivity (Wildman–Crippen MR) is 247 cm³/mol. The molecule has 10 N–H and O–H groups in total. The molecule has 0 spiro atoms. The smallest absolute Gasteiger partial charge is 0.298 e. The number of aliphatic hydroxyl groups excluding tert-OH is 2. The summed E-state index contributed by atoms with van der Waals surface area (Å²) in [5, 5.41) is 29.3. The second kappa shape index (κ2) is 21.4. The van der Waals surface area contributed by atoms with E-state index < -0.39 is 60.9 Å². The standard InChI is InChI=1S/C45H57N13O11/c1-7-57-29(16-23(3)53-57)41(63)51-44-49-27-18-25(39(47)61)20-31(65-5)35(27)55(44)12-9-10-13-56-36-28(50-45(56)52-42(64)30-17-24(4)54-58(30)8-2)19-26(40(48)62)21-32(36)67-14-11-15-68-38-37(60)34(46)33(22-59)69-43(38)66-6/h9-10,16-21,33-34,37-38,43,59-60H,7-8,11-15,22,46H2,1-6H3,(H2,47,61)(H2,48,62)(H,49,51,63)(H,50,52,64)/b10-9+/t33-,34-,37+,38-,43+/m1/s1. The Bertz CT molecular complexity index is 3060. The lowest BCUT2D eigenvalue weighted by Crippen LogP contribution is -2.63. The van der Waals surface area contributed by atoms with Gasteiger partial charge in [0.25, 0.3) is 11.8 Å². The number of aromatic amines is 2.